The maximum atomic E-state index is 5.55. The van der Waals surface area contributed by atoms with Crippen LogP contribution in [0.15, 0.2) is 23.7 Å². The number of anilines is 1. The van der Waals surface area contributed by atoms with E-state index in [4.69, 9.17) is 4.74 Å². The summed E-state index contributed by atoms with van der Waals surface area (Å²) in [5, 5.41) is 3.34. The molecular weight excluding hydrogens is 220 g/mol. The van der Waals surface area contributed by atoms with Crippen LogP contribution in [0.1, 0.15) is 4.88 Å². The maximum Gasteiger partial charge on any atom is 0.142 e. The number of hydrogen-bond acceptors (Lipinski definition) is 4. The van der Waals surface area contributed by atoms with Crippen LogP contribution in [0.3, 0.4) is 0 Å². The minimum atomic E-state index is 0.738. The Morgan fingerprint density at radius 3 is 3.19 bits per heavy atom. The highest BCUT2D eigenvalue weighted by Crippen LogP contribution is 2.33. The number of aromatic nitrogens is 1. The molecule has 0 radical (unpaired) electrons. The standard InChI is InChI=1S/C12H12N2OS/c1-8-12(14-7-16-8)9-2-3-11-10(6-9)13-4-5-15-11/h2-3,6-7,13H,4-5H2,1H3. The van der Waals surface area contributed by atoms with Gasteiger partial charge in [0.2, 0.25) is 0 Å². The lowest BCUT2D eigenvalue weighted by Gasteiger charge is -2.19. The monoisotopic (exact) mass is 232 g/mol. The van der Waals surface area contributed by atoms with Gasteiger partial charge in [0, 0.05) is 17.0 Å². The highest BCUT2D eigenvalue weighted by molar-refractivity contribution is 7.10. The van der Waals surface area contributed by atoms with Crippen molar-refractivity contribution >= 4 is 17.0 Å². The van der Waals surface area contributed by atoms with Crippen molar-refractivity contribution in [1.29, 1.82) is 0 Å². The van der Waals surface area contributed by atoms with E-state index in [2.05, 4.69) is 29.4 Å². The second kappa shape index (κ2) is 3.79. The zero-order valence-corrected chi connectivity index (χ0v) is 9.80. The molecule has 0 unspecified atom stereocenters. The third-order valence-corrected chi connectivity index (χ3v) is 3.43. The second-order valence-electron chi connectivity index (χ2n) is 3.74. The van der Waals surface area contributed by atoms with Crippen molar-refractivity contribution in [2.75, 3.05) is 18.5 Å². The van der Waals surface area contributed by atoms with Gasteiger partial charge in [0.05, 0.1) is 16.9 Å². The molecule has 0 spiro atoms. The van der Waals surface area contributed by atoms with Gasteiger partial charge in [0.25, 0.3) is 0 Å². The molecule has 0 bridgehead atoms. The van der Waals surface area contributed by atoms with Crippen LogP contribution in [0.2, 0.25) is 0 Å². The van der Waals surface area contributed by atoms with Gasteiger partial charge in [0.15, 0.2) is 0 Å². The smallest absolute Gasteiger partial charge is 0.142 e. The molecular formula is C12H12N2OS. The van der Waals surface area contributed by atoms with Crippen LogP contribution in [0.5, 0.6) is 5.75 Å². The van der Waals surface area contributed by atoms with E-state index in [1.807, 2.05) is 11.6 Å². The third kappa shape index (κ3) is 1.55. The Kier molecular flexibility index (Phi) is 2.29. The van der Waals surface area contributed by atoms with Crippen LogP contribution < -0.4 is 10.1 Å². The Balaban J connectivity index is 2.06. The fourth-order valence-corrected chi connectivity index (χ4v) is 2.47. The van der Waals surface area contributed by atoms with Crippen molar-refractivity contribution in [2.24, 2.45) is 0 Å². The summed E-state index contributed by atoms with van der Waals surface area (Å²) in [6.45, 7) is 3.70. The van der Waals surface area contributed by atoms with E-state index < -0.39 is 0 Å². The molecule has 0 aliphatic carbocycles. The molecule has 82 valence electrons. The fraction of sp³-hybridized carbons (Fsp3) is 0.250. The summed E-state index contributed by atoms with van der Waals surface area (Å²) in [5.74, 6) is 0.933. The minimum absolute atomic E-state index is 0.738. The SMILES string of the molecule is Cc1scnc1-c1ccc2c(c1)NCCO2. The third-order valence-electron chi connectivity index (χ3n) is 2.67. The molecule has 16 heavy (non-hydrogen) atoms. The van der Waals surface area contributed by atoms with Gasteiger partial charge in [-0.2, -0.15) is 0 Å². The second-order valence-corrected chi connectivity index (χ2v) is 4.80. The number of rotatable bonds is 1. The van der Waals surface area contributed by atoms with E-state index in [1.54, 1.807) is 11.3 Å². The number of ether oxygens (including phenoxy) is 1. The van der Waals surface area contributed by atoms with Crippen LogP contribution in [-0.4, -0.2) is 18.1 Å². The van der Waals surface area contributed by atoms with Crippen molar-refractivity contribution < 1.29 is 4.74 Å². The first kappa shape index (κ1) is 9.66. The topological polar surface area (TPSA) is 34.2 Å². The number of thiazole rings is 1. The highest BCUT2D eigenvalue weighted by atomic mass is 32.1. The van der Waals surface area contributed by atoms with E-state index in [0.29, 0.717) is 0 Å². The predicted molar refractivity (Wildman–Crippen MR) is 66.3 cm³/mol. The average Bonchev–Trinajstić information content (AvgIpc) is 2.75. The Morgan fingerprint density at radius 2 is 2.38 bits per heavy atom. The Bertz CT molecular complexity index is 521. The van der Waals surface area contributed by atoms with Crippen molar-refractivity contribution in [2.45, 2.75) is 6.92 Å². The molecule has 2 aromatic rings. The first-order chi connectivity index (χ1) is 7.84. The molecule has 0 fully saturated rings. The van der Waals surface area contributed by atoms with E-state index in [1.165, 1.54) is 4.88 Å². The van der Waals surface area contributed by atoms with Gasteiger partial charge in [-0.1, -0.05) is 0 Å². The van der Waals surface area contributed by atoms with Crippen LogP contribution in [0, 0.1) is 6.92 Å². The molecule has 3 rings (SSSR count). The highest BCUT2D eigenvalue weighted by Gasteiger charge is 2.12. The first-order valence-electron chi connectivity index (χ1n) is 5.26. The number of aryl methyl sites for hydroxylation is 1. The summed E-state index contributed by atoms with van der Waals surface area (Å²) in [4.78, 5) is 5.63. The van der Waals surface area contributed by atoms with Crippen LogP contribution in [0.4, 0.5) is 5.69 Å². The van der Waals surface area contributed by atoms with Gasteiger partial charge in [-0.3, -0.25) is 0 Å². The molecule has 1 N–H and O–H groups in total. The number of benzene rings is 1. The molecule has 0 saturated carbocycles. The Morgan fingerprint density at radius 1 is 1.44 bits per heavy atom. The van der Waals surface area contributed by atoms with Crippen LogP contribution in [-0.2, 0) is 0 Å². The van der Waals surface area contributed by atoms with Gasteiger partial charge in [-0.05, 0) is 25.1 Å². The van der Waals surface area contributed by atoms with E-state index in [-0.39, 0.29) is 0 Å². The van der Waals surface area contributed by atoms with Gasteiger partial charge < -0.3 is 10.1 Å². The van der Waals surface area contributed by atoms with Gasteiger partial charge in [-0.15, -0.1) is 11.3 Å². The van der Waals surface area contributed by atoms with Crippen molar-refractivity contribution in [3.63, 3.8) is 0 Å². The molecule has 2 heterocycles. The number of fused-ring (bicyclic) bond motifs is 1. The zero-order valence-electron chi connectivity index (χ0n) is 8.99. The lowest BCUT2D eigenvalue weighted by atomic mass is 10.1. The van der Waals surface area contributed by atoms with Crippen molar-refractivity contribution in [3.8, 4) is 17.0 Å². The van der Waals surface area contributed by atoms with Crippen molar-refractivity contribution in [3.05, 3.63) is 28.6 Å². The van der Waals surface area contributed by atoms with Crippen LogP contribution in [0.25, 0.3) is 11.3 Å². The summed E-state index contributed by atoms with van der Waals surface area (Å²) in [6.07, 6.45) is 0. The lowest BCUT2D eigenvalue weighted by Crippen LogP contribution is -2.17. The predicted octanol–water partition coefficient (Wildman–Crippen LogP) is 2.92. The van der Waals surface area contributed by atoms with Gasteiger partial charge in [0.1, 0.15) is 12.4 Å². The summed E-state index contributed by atoms with van der Waals surface area (Å²) in [7, 11) is 0. The Hall–Kier alpha value is -1.55. The zero-order chi connectivity index (χ0) is 11.0. The molecule has 1 aromatic heterocycles. The average molecular weight is 232 g/mol. The summed E-state index contributed by atoms with van der Waals surface area (Å²) >= 11 is 1.67. The van der Waals surface area contributed by atoms with Crippen molar-refractivity contribution in [1.82, 2.24) is 4.98 Å². The molecule has 0 amide bonds. The molecule has 1 aliphatic heterocycles. The normalized spacial score (nSPS) is 13.8. The first-order valence-corrected chi connectivity index (χ1v) is 6.14. The molecule has 1 aliphatic rings. The molecule has 4 heteroatoms. The van der Waals surface area contributed by atoms with E-state index >= 15 is 0 Å². The largest absolute Gasteiger partial charge is 0.490 e. The molecule has 1 aromatic carbocycles. The van der Waals surface area contributed by atoms with E-state index in [9.17, 15) is 0 Å². The number of hydrogen-bond donors (Lipinski definition) is 1. The van der Waals surface area contributed by atoms with Gasteiger partial charge >= 0.3 is 0 Å². The molecule has 0 saturated heterocycles. The summed E-state index contributed by atoms with van der Waals surface area (Å²) < 4.78 is 5.55. The molecule has 0 atom stereocenters. The van der Waals surface area contributed by atoms with Gasteiger partial charge in [-0.25, -0.2) is 4.98 Å². The lowest BCUT2D eigenvalue weighted by molar-refractivity contribution is 0.323. The van der Waals surface area contributed by atoms with Crippen LogP contribution >= 0.6 is 11.3 Å². The maximum absolute atomic E-state index is 5.55. The summed E-state index contributed by atoms with van der Waals surface area (Å²) in [6, 6.07) is 6.18. The molecule has 3 nitrogen and oxygen atoms in total. The van der Waals surface area contributed by atoms with E-state index in [0.717, 1.165) is 35.8 Å². The quantitative estimate of drug-likeness (QED) is 0.821. The Labute approximate surface area is 98.1 Å². The number of nitrogens with zero attached hydrogens (tertiary/aromatic N) is 1. The minimum Gasteiger partial charge on any atom is -0.490 e. The summed E-state index contributed by atoms with van der Waals surface area (Å²) in [5.41, 5.74) is 5.17. The fourth-order valence-electron chi connectivity index (χ4n) is 1.87. The number of nitrogens with one attached hydrogen (secondary N) is 1.